The maximum atomic E-state index is 14.0. The van der Waals surface area contributed by atoms with Crippen molar-refractivity contribution in [3.63, 3.8) is 0 Å². The van der Waals surface area contributed by atoms with Gasteiger partial charge in [0.2, 0.25) is 0 Å². The molecule has 0 amide bonds. The Balaban J connectivity index is 2.24. The highest BCUT2D eigenvalue weighted by Crippen LogP contribution is 2.28. The van der Waals surface area contributed by atoms with Crippen molar-refractivity contribution in [1.29, 1.82) is 0 Å². The summed E-state index contributed by atoms with van der Waals surface area (Å²) in [5.74, 6) is -0.178. The molecule has 0 aliphatic rings. The van der Waals surface area contributed by atoms with Crippen molar-refractivity contribution in [2.75, 3.05) is 5.32 Å². The number of nitrogens with one attached hydrogen (secondary N) is 1. The number of hydrogen-bond acceptors (Lipinski definition) is 1. The van der Waals surface area contributed by atoms with E-state index < -0.39 is 0 Å². The number of benzene rings is 2. The molecule has 0 saturated heterocycles. The number of hydrogen-bond donors (Lipinski definition) is 1. The predicted octanol–water partition coefficient (Wildman–Crippen LogP) is 5.48. The summed E-state index contributed by atoms with van der Waals surface area (Å²) in [6.45, 7) is 4.11. The second kappa shape index (κ2) is 7.09. The monoisotopic (exact) mass is 271 g/mol. The lowest BCUT2D eigenvalue weighted by atomic mass is 10.00. The summed E-state index contributed by atoms with van der Waals surface area (Å²) in [4.78, 5) is 0. The van der Waals surface area contributed by atoms with Gasteiger partial charge in [0.05, 0.1) is 11.7 Å². The van der Waals surface area contributed by atoms with E-state index in [1.165, 1.54) is 11.6 Å². The number of aryl methyl sites for hydroxylation is 1. The maximum Gasteiger partial charge on any atom is 0.146 e. The van der Waals surface area contributed by atoms with Crippen molar-refractivity contribution in [3.05, 3.63) is 65.5 Å². The number of para-hydroxylation sites is 1. The third-order valence-corrected chi connectivity index (χ3v) is 3.59. The van der Waals surface area contributed by atoms with E-state index in [1.807, 2.05) is 31.2 Å². The topological polar surface area (TPSA) is 12.0 Å². The van der Waals surface area contributed by atoms with Crippen LogP contribution in [0.15, 0.2) is 48.5 Å². The molecule has 0 radical (unpaired) electrons. The molecular weight excluding hydrogens is 249 g/mol. The van der Waals surface area contributed by atoms with Gasteiger partial charge in [-0.2, -0.15) is 0 Å². The molecular formula is C18H22FN. The first-order chi connectivity index (χ1) is 9.72. The molecule has 20 heavy (non-hydrogen) atoms. The number of anilines is 1. The molecule has 0 spiro atoms. The summed E-state index contributed by atoms with van der Waals surface area (Å²) in [7, 11) is 0. The molecule has 0 aliphatic heterocycles. The average Bonchev–Trinajstić information content (AvgIpc) is 2.47. The van der Waals surface area contributed by atoms with Crippen LogP contribution in [-0.2, 0) is 0 Å². The summed E-state index contributed by atoms with van der Waals surface area (Å²) in [6, 6.07) is 15.6. The van der Waals surface area contributed by atoms with Gasteiger partial charge in [0, 0.05) is 0 Å². The Morgan fingerprint density at radius 2 is 1.80 bits per heavy atom. The molecule has 106 valence electrons. The minimum absolute atomic E-state index is 0.159. The molecule has 1 atom stereocenters. The van der Waals surface area contributed by atoms with Gasteiger partial charge in [-0.3, -0.25) is 0 Å². The maximum absolute atomic E-state index is 14.0. The second-order valence-corrected chi connectivity index (χ2v) is 5.18. The van der Waals surface area contributed by atoms with Gasteiger partial charge < -0.3 is 5.32 Å². The van der Waals surface area contributed by atoms with Crippen LogP contribution >= 0.6 is 0 Å². The van der Waals surface area contributed by atoms with Crippen LogP contribution < -0.4 is 5.32 Å². The van der Waals surface area contributed by atoms with Crippen molar-refractivity contribution in [2.45, 2.75) is 39.2 Å². The van der Waals surface area contributed by atoms with Crippen molar-refractivity contribution in [3.8, 4) is 0 Å². The summed E-state index contributed by atoms with van der Waals surface area (Å²) in [5.41, 5.74) is 2.78. The van der Waals surface area contributed by atoms with Crippen molar-refractivity contribution in [1.82, 2.24) is 0 Å². The molecule has 0 aliphatic carbocycles. The van der Waals surface area contributed by atoms with Crippen LogP contribution in [0.25, 0.3) is 0 Å². The number of rotatable bonds is 6. The van der Waals surface area contributed by atoms with E-state index in [1.54, 1.807) is 6.07 Å². The smallest absolute Gasteiger partial charge is 0.146 e. The Labute approximate surface area is 120 Å². The Bertz CT molecular complexity index is 516. The minimum atomic E-state index is -0.178. The van der Waals surface area contributed by atoms with Crippen LogP contribution in [0.2, 0.25) is 0 Å². The van der Waals surface area contributed by atoms with Gasteiger partial charge in [-0.05, 0) is 30.5 Å². The Morgan fingerprint density at radius 1 is 1.05 bits per heavy atom. The normalized spacial score (nSPS) is 12.2. The molecule has 0 bridgehead atoms. The summed E-state index contributed by atoms with van der Waals surface area (Å²) in [5, 5.41) is 3.39. The lowest BCUT2D eigenvalue weighted by Crippen LogP contribution is -2.12. The van der Waals surface area contributed by atoms with Gasteiger partial charge in [-0.25, -0.2) is 4.39 Å². The first kappa shape index (κ1) is 14.6. The summed E-state index contributed by atoms with van der Waals surface area (Å²) >= 11 is 0. The van der Waals surface area contributed by atoms with E-state index in [9.17, 15) is 4.39 Å². The van der Waals surface area contributed by atoms with Gasteiger partial charge in [-0.1, -0.05) is 62.2 Å². The van der Waals surface area contributed by atoms with Crippen molar-refractivity contribution >= 4 is 5.69 Å². The molecule has 0 fully saturated rings. The zero-order valence-corrected chi connectivity index (χ0v) is 12.2. The quantitative estimate of drug-likeness (QED) is 0.733. The van der Waals surface area contributed by atoms with Crippen molar-refractivity contribution < 1.29 is 4.39 Å². The first-order valence-corrected chi connectivity index (χ1v) is 7.29. The Morgan fingerprint density at radius 3 is 2.45 bits per heavy atom. The fraction of sp³-hybridized carbons (Fsp3) is 0.333. The van der Waals surface area contributed by atoms with Crippen LogP contribution in [-0.4, -0.2) is 0 Å². The van der Waals surface area contributed by atoms with Crippen molar-refractivity contribution in [2.24, 2.45) is 0 Å². The zero-order chi connectivity index (χ0) is 14.4. The molecule has 0 saturated carbocycles. The molecule has 1 N–H and O–H groups in total. The molecule has 1 unspecified atom stereocenters. The lowest BCUT2D eigenvalue weighted by Gasteiger charge is -2.22. The van der Waals surface area contributed by atoms with E-state index in [4.69, 9.17) is 0 Å². The third-order valence-electron chi connectivity index (χ3n) is 3.59. The van der Waals surface area contributed by atoms with Crippen LogP contribution in [0.5, 0.6) is 0 Å². The highest BCUT2D eigenvalue weighted by molar-refractivity contribution is 5.53. The van der Waals surface area contributed by atoms with Crippen LogP contribution in [0, 0.1) is 12.7 Å². The molecule has 0 heterocycles. The van der Waals surface area contributed by atoms with E-state index in [-0.39, 0.29) is 11.9 Å². The fourth-order valence-corrected chi connectivity index (χ4v) is 2.40. The van der Waals surface area contributed by atoms with Gasteiger partial charge >= 0.3 is 0 Å². The lowest BCUT2D eigenvalue weighted by molar-refractivity contribution is 0.606. The fourth-order valence-electron chi connectivity index (χ4n) is 2.40. The summed E-state index contributed by atoms with van der Waals surface area (Å²) < 4.78 is 14.0. The van der Waals surface area contributed by atoms with Crippen LogP contribution in [0.3, 0.4) is 0 Å². The molecule has 0 aromatic heterocycles. The third kappa shape index (κ3) is 3.60. The molecule has 2 aromatic rings. The predicted molar refractivity (Wildman–Crippen MR) is 83.5 cm³/mol. The standard InChI is InChI=1S/C18H22FN/c1-3-4-13-17(15-10-6-5-7-11-15)20-18-14(2)9-8-12-16(18)19/h5-12,17,20H,3-4,13H2,1-2H3. The largest absolute Gasteiger partial charge is 0.376 e. The van der Waals surface area contributed by atoms with Gasteiger partial charge in [0.15, 0.2) is 0 Å². The minimum Gasteiger partial charge on any atom is -0.376 e. The van der Waals surface area contributed by atoms with E-state index in [0.29, 0.717) is 5.69 Å². The average molecular weight is 271 g/mol. The zero-order valence-electron chi connectivity index (χ0n) is 12.2. The van der Waals surface area contributed by atoms with E-state index in [2.05, 4.69) is 24.4 Å². The molecule has 2 rings (SSSR count). The molecule has 2 aromatic carbocycles. The number of halogens is 1. The van der Waals surface area contributed by atoms with Gasteiger partial charge in [0.25, 0.3) is 0 Å². The Hall–Kier alpha value is -1.83. The molecule has 2 heteroatoms. The second-order valence-electron chi connectivity index (χ2n) is 5.18. The van der Waals surface area contributed by atoms with Gasteiger partial charge in [-0.15, -0.1) is 0 Å². The Kier molecular flexibility index (Phi) is 5.16. The van der Waals surface area contributed by atoms with Crippen LogP contribution in [0.4, 0.5) is 10.1 Å². The van der Waals surface area contributed by atoms with E-state index in [0.717, 1.165) is 24.8 Å². The highest BCUT2D eigenvalue weighted by Gasteiger charge is 2.14. The van der Waals surface area contributed by atoms with Crippen LogP contribution in [0.1, 0.15) is 43.4 Å². The SMILES string of the molecule is CCCCC(Nc1c(C)cccc1F)c1ccccc1. The van der Waals surface area contributed by atoms with E-state index >= 15 is 0 Å². The summed E-state index contributed by atoms with van der Waals surface area (Å²) in [6.07, 6.45) is 3.27. The molecule has 1 nitrogen and oxygen atoms in total. The number of unbranched alkanes of at least 4 members (excludes halogenated alkanes) is 1. The van der Waals surface area contributed by atoms with Gasteiger partial charge in [0.1, 0.15) is 5.82 Å². The highest BCUT2D eigenvalue weighted by atomic mass is 19.1. The first-order valence-electron chi connectivity index (χ1n) is 7.29.